The van der Waals surface area contributed by atoms with Gasteiger partial charge in [0.05, 0.1) is 0 Å². The molecule has 1 nitrogen and oxygen atoms in total. The zero-order valence-electron chi connectivity index (χ0n) is 8.00. The number of ether oxygens (including phenoxy) is 1. The van der Waals surface area contributed by atoms with Gasteiger partial charge in [-0.2, -0.15) is 26.3 Å². The normalized spacial score (nSPS) is 38.7. The molecule has 0 bridgehead atoms. The standard InChI is InChI=1S/C8H6F8O/c1-2-3-5(10)7(13,14)8(15,16)6(11,12)4(9)17-5/h2,4H,1,3H2. The lowest BCUT2D eigenvalue weighted by Crippen LogP contribution is -2.72. The van der Waals surface area contributed by atoms with E-state index in [1.807, 2.05) is 0 Å². The summed E-state index contributed by atoms with van der Waals surface area (Å²) < 4.78 is 105. The van der Waals surface area contributed by atoms with Crippen molar-refractivity contribution in [2.24, 2.45) is 0 Å². The lowest BCUT2D eigenvalue weighted by molar-refractivity contribution is -0.474. The highest BCUT2D eigenvalue weighted by Crippen LogP contribution is 2.59. The van der Waals surface area contributed by atoms with Crippen molar-refractivity contribution in [2.45, 2.75) is 36.4 Å². The van der Waals surface area contributed by atoms with Crippen LogP contribution in [0.25, 0.3) is 0 Å². The highest BCUT2D eigenvalue weighted by Gasteiger charge is 2.86. The van der Waals surface area contributed by atoms with E-state index in [-0.39, 0.29) is 0 Å². The van der Waals surface area contributed by atoms with Crippen molar-refractivity contribution in [3.05, 3.63) is 12.7 Å². The van der Waals surface area contributed by atoms with E-state index < -0.39 is 36.4 Å². The van der Waals surface area contributed by atoms with Crippen LogP contribution in [0.5, 0.6) is 0 Å². The first-order valence-corrected chi connectivity index (χ1v) is 4.19. The minimum atomic E-state index is -6.21. The maximum absolute atomic E-state index is 13.3. The third-order valence-corrected chi connectivity index (χ3v) is 2.26. The van der Waals surface area contributed by atoms with Crippen LogP contribution in [0.2, 0.25) is 0 Å². The molecule has 9 heteroatoms. The monoisotopic (exact) mass is 270 g/mol. The van der Waals surface area contributed by atoms with Gasteiger partial charge in [0.2, 0.25) is 0 Å². The van der Waals surface area contributed by atoms with Gasteiger partial charge in [0.1, 0.15) is 0 Å². The number of hydrogen-bond acceptors (Lipinski definition) is 1. The first kappa shape index (κ1) is 14.2. The highest BCUT2D eigenvalue weighted by molar-refractivity contribution is 5.10. The minimum Gasteiger partial charge on any atom is -0.300 e. The fraction of sp³-hybridized carbons (Fsp3) is 0.750. The van der Waals surface area contributed by atoms with Gasteiger partial charge >= 0.3 is 17.8 Å². The maximum atomic E-state index is 13.3. The molecular formula is C8H6F8O. The fourth-order valence-electron chi connectivity index (χ4n) is 1.26. The van der Waals surface area contributed by atoms with Crippen LogP contribution >= 0.6 is 0 Å². The van der Waals surface area contributed by atoms with E-state index in [1.165, 1.54) is 0 Å². The summed E-state index contributed by atoms with van der Waals surface area (Å²) in [7, 11) is 0. The van der Waals surface area contributed by atoms with Crippen molar-refractivity contribution in [3.8, 4) is 0 Å². The Morgan fingerprint density at radius 2 is 1.47 bits per heavy atom. The molecule has 1 fully saturated rings. The Morgan fingerprint density at radius 1 is 1.00 bits per heavy atom. The van der Waals surface area contributed by atoms with Gasteiger partial charge in [0, 0.05) is 6.42 Å². The molecule has 2 unspecified atom stereocenters. The minimum absolute atomic E-state index is 0.389. The quantitative estimate of drug-likeness (QED) is 0.551. The van der Waals surface area contributed by atoms with Crippen molar-refractivity contribution in [3.63, 3.8) is 0 Å². The van der Waals surface area contributed by atoms with Gasteiger partial charge in [-0.1, -0.05) is 6.08 Å². The first-order valence-electron chi connectivity index (χ1n) is 4.19. The molecule has 17 heavy (non-hydrogen) atoms. The van der Waals surface area contributed by atoms with E-state index in [0.717, 1.165) is 0 Å². The van der Waals surface area contributed by atoms with Gasteiger partial charge in [-0.3, -0.25) is 0 Å². The Labute approximate surface area is 90.0 Å². The molecule has 0 amide bonds. The molecule has 1 heterocycles. The van der Waals surface area contributed by atoms with Gasteiger partial charge in [0.25, 0.3) is 12.2 Å². The Morgan fingerprint density at radius 3 is 1.88 bits per heavy atom. The second kappa shape index (κ2) is 3.56. The second-order valence-electron chi connectivity index (χ2n) is 3.43. The predicted molar refractivity (Wildman–Crippen MR) is 39.5 cm³/mol. The summed E-state index contributed by atoms with van der Waals surface area (Å²) in [6, 6.07) is 0. The van der Waals surface area contributed by atoms with Gasteiger partial charge in [0.15, 0.2) is 0 Å². The van der Waals surface area contributed by atoms with Gasteiger partial charge < -0.3 is 4.74 Å². The number of halogens is 8. The molecule has 1 saturated heterocycles. The summed E-state index contributed by atoms with van der Waals surface area (Å²) in [6.45, 7) is 2.77. The average molecular weight is 270 g/mol. The van der Waals surface area contributed by atoms with E-state index in [0.29, 0.717) is 6.08 Å². The van der Waals surface area contributed by atoms with Crippen LogP contribution in [-0.2, 0) is 4.74 Å². The van der Waals surface area contributed by atoms with E-state index in [2.05, 4.69) is 11.3 Å². The average Bonchev–Trinajstić information content (AvgIpc) is 2.15. The third-order valence-electron chi connectivity index (χ3n) is 2.26. The molecule has 0 N–H and O–H groups in total. The third kappa shape index (κ3) is 1.54. The van der Waals surface area contributed by atoms with Crippen LogP contribution in [0, 0.1) is 0 Å². The molecule has 1 aliphatic heterocycles. The Bertz CT molecular complexity index is 327. The number of alkyl halides is 8. The Hall–Kier alpha value is -0.860. The number of hydrogen-bond donors (Lipinski definition) is 0. The molecule has 0 saturated carbocycles. The summed E-state index contributed by atoms with van der Waals surface area (Å²) in [4.78, 5) is 0. The largest absolute Gasteiger partial charge is 0.383 e. The molecule has 0 aromatic rings. The second-order valence-corrected chi connectivity index (χ2v) is 3.43. The summed E-state index contributed by atoms with van der Waals surface area (Å²) in [6.07, 6.45) is -5.35. The lowest BCUT2D eigenvalue weighted by Gasteiger charge is -2.46. The van der Waals surface area contributed by atoms with Crippen LogP contribution in [0.15, 0.2) is 12.7 Å². The molecule has 2 atom stereocenters. The summed E-state index contributed by atoms with van der Waals surface area (Å²) in [5.41, 5.74) is 0. The van der Waals surface area contributed by atoms with Gasteiger partial charge in [-0.25, -0.2) is 8.78 Å². The van der Waals surface area contributed by atoms with Crippen molar-refractivity contribution in [1.82, 2.24) is 0 Å². The zero-order valence-corrected chi connectivity index (χ0v) is 8.00. The smallest absolute Gasteiger partial charge is 0.300 e. The van der Waals surface area contributed by atoms with E-state index in [4.69, 9.17) is 0 Å². The molecule has 0 radical (unpaired) electrons. The predicted octanol–water partition coefficient (Wildman–Crippen LogP) is 3.46. The molecule has 100 valence electrons. The van der Waals surface area contributed by atoms with Crippen LogP contribution in [-0.4, -0.2) is 30.0 Å². The van der Waals surface area contributed by atoms with Crippen LogP contribution in [0.1, 0.15) is 6.42 Å². The molecule has 1 aliphatic rings. The van der Waals surface area contributed by atoms with Crippen molar-refractivity contribution < 1.29 is 39.9 Å². The maximum Gasteiger partial charge on any atom is 0.383 e. The van der Waals surface area contributed by atoms with Crippen molar-refractivity contribution >= 4 is 0 Å². The first-order chi connectivity index (χ1) is 7.44. The van der Waals surface area contributed by atoms with Gasteiger partial charge in [-0.15, -0.1) is 6.58 Å². The van der Waals surface area contributed by atoms with E-state index >= 15 is 0 Å². The molecule has 0 spiro atoms. The molecule has 0 aromatic heterocycles. The molecule has 0 aromatic carbocycles. The Kier molecular flexibility index (Phi) is 2.98. The van der Waals surface area contributed by atoms with Crippen LogP contribution in [0.4, 0.5) is 35.1 Å². The van der Waals surface area contributed by atoms with E-state index in [1.54, 1.807) is 0 Å². The van der Waals surface area contributed by atoms with Crippen LogP contribution in [0.3, 0.4) is 0 Å². The Balaban J connectivity index is 3.32. The topological polar surface area (TPSA) is 9.23 Å². The number of rotatable bonds is 2. The SMILES string of the molecule is C=CCC1(F)OC(F)C(F)(F)C(F)(F)C1(F)F. The van der Waals surface area contributed by atoms with Crippen molar-refractivity contribution in [2.75, 3.05) is 0 Å². The summed E-state index contributed by atoms with van der Waals surface area (Å²) in [5, 5.41) is 0. The highest BCUT2D eigenvalue weighted by atomic mass is 19.4. The lowest BCUT2D eigenvalue weighted by atomic mass is 9.92. The molecular weight excluding hydrogens is 264 g/mol. The molecule has 1 rings (SSSR count). The van der Waals surface area contributed by atoms with Crippen LogP contribution < -0.4 is 0 Å². The molecule has 0 aliphatic carbocycles. The zero-order chi connectivity index (χ0) is 13.7. The summed E-state index contributed by atoms with van der Waals surface area (Å²) in [5.74, 6) is -22.5. The van der Waals surface area contributed by atoms with Crippen molar-refractivity contribution in [1.29, 1.82) is 0 Å². The summed E-state index contributed by atoms with van der Waals surface area (Å²) >= 11 is 0. The fourth-order valence-corrected chi connectivity index (χ4v) is 1.26. The van der Waals surface area contributed by atoms with Gasteiger partial charge in [-0.05, 0) is 0 Å². The van der Waals surface area contributed by atoms with E-state index in [9.17, 15) is 35.1 Å².